The lowest BCUT2D eigenvalue weighted by molar-refractivity contribution is -0.130. The zero-order valence-corrected chi connectivity index (χ0v) is 12.7. The molecule has 0 spiro atoms. The van der Waals surface area contributed by atoms with Gasteiger partial charge in [-0.05, 0) is 25.5 Å². The Hall–Kier alpha value is -1.75. The van der Waals surface area contributed by atoms with E-state index in [1.54, 1.807) is 26.2 Å². The maximum Gasteiger partial charge on any atom is 0.222 e. The third-order valence-electron chi connectivity index (χ3n) is 3.14. The number of benzene rings is 1. The Labute approximate surface area is 120 Å². The van der Waals surface area contributed by atoms with Gasteiger partial charge >= 0.3 is 0 Å². The van der Waals surface area contributed by atoms with E-state index in [0.717, 1.165) is 17.1 Å². The Balaban J connectivity index is 2.69. The van der Waals surface area contributed by atoms with Crippen molar-refractivity contribution in [1.82, 2.24) is 4.90 Å². The molecule has 1 unspecified atom stereocenters. The molecule has 1 aromatic carbocycles. The van der Waals surface area contributed by atoms with Crippen molar-refractivity contribution in [1.29, 1.82) is 0 Å². The molecule has 0 aliphatic carbocycles. The number of carbonyl (C=O) groups excluding carboxylic acids is 1. The van der Waals surface area contributed by atoms with Crippen molar-refractivity contribution in [3.63, 3.8) is 0 Å². The van der Waals surface area contributed by atoms with Gasteiger partial charge < -0.3 is 20.1 Å². The first-order valence-corrected chi connectivity index (χ1v) is 6.68. The number of hydrogen-bond donors (Lipinski definition) is 1. The summed E-state index contributed by atoms with van der Waals surface area (Å²) < 4.78 is 10.5. The van der Waals surface area contributed by atoms with Crippen molar-refractivity contribution >= 4 is 5.91 Å². The molecule has 1 amide bonds. The molecule has 5 heteroatoms. The van der Waals surface area contributed by atoms with E-state index in [0.29, 0.717) is 19.4 Å². The maximum atomic E-state index is 12.0. The van der Waals surface area contributed by atoms with Crippen LogP contribution in [0.5, 0.6) is 11.5 Å². The van der Waals surface area contributed by atoms with E-state index in [1.165, 1.54) is 0 Å². The van der Waals surface area contributed by atoms with Gasteiger partial charge in [0.15, 0.2) is 0 Å². The molecule has 0 heterocycles. The summed E-state index contributed by atoms with van der Waals surface area (Å²) in [6.45, 7) is 2.41. The second-order valence-corrected chi connectivity index (χ2v) is 4.94. The average molecular weight is 280 g/mol. The topological polar surface area (TPSA) is 64.8 Å². The Morgan fingerprint density at radius 1 is 1.35 bits per heavy atom. The lowest BCUT2D eigenvalue weighted by atomic mass is 10.1. The molecule has 0 bridgehead atoms. The minimum atomic E-state index is 0.0443. The van der Waals surface area contributed by atoms with E-state index in [4.69, 9.17) is 15.2 Å². The largest absolute Gasteiger partial charge is 0.497 e. The van der Waals surface area contributed by atoms with Gasteiger partial charge in [0, 0.05) is 37.7 Å². The van der Waals surface area contributed by atoms with Crippen LogP contribution in [-0.4, -0.2) is 38.1 Å². The zero-order valence-electron chi connectivity index (χ0n) is 12.7. The van der Waals surface area contributed by atoms with Crippen LogP contribution in [0.1, 0.15) is 25.3 Å². The zero-order chi connectivity index (χ0) is 15.1. The molecule has 5 nitrogen and oxygen atoms in total. The maximum absolute atomic E-state index is 12.0. The minimum Gasteiger partial charge on any atom is -0.497 e. The first kappa shape index (κ1) is 16.3. The van der Waals surface area contributed by atoms with Crippen molar-refractivity contribution in [3.05, 3.63) is 23.8 Å². The van der Waals surface area contributed by atoms with Crippen molar-refractivity contribution < 1.29 is 14.3 Å². The van der Waals surface area contributed by atoms with Crippen molar-refractivity contribution in [2.24, 2.45) is 5.73 Å². The van der Waals surface area contributed by atoms with Crippen LogP contribution < -0.4 is 15.2 Å². The molecule has 0 radical (unpaired) electrons. The van der Waals surface area contributed by atoms with Crippen LogP contribution in [0.2, 0.25) is 0 Å². The lowest BCUT2D eigenvalue weighted by Gasteiger charge is -2.19. The molecule has 1 rings (SSSR count). The number of rotatable bonds is 7. The smallest absolute Gasteiger partial charge is 0.222 e. The number of amides is 1. The van der Waals surface area contributed by atoms with Crippen LogP contribution in [-0.2, 0) is 11.3 Å². The quantitative estimate of drug-likeness (QED) is 0.827. The molecule has 1 atom stereocenters. The molecule has 1 aromatic rings. The first-order valence-electron chi connectivity index (χ1n) is 6.68. The molecular weight excluding hydrogens is 256 g/mol. The van der Waals surface area contributed by atoms with E-state index in [9.17, 15) is 4.79 Å². The Bertz CT molecular complexity index is 447. The number of carbonyl (C=O) groups is 1. The molecule has 0 saturated carbocycles. The van der Waals surface area contributed by atoms with Gasteiger partial charge in [0.2, 0.25) is 5.91 Å². The number of nitrogens with zero attached hydrogens (tertiary/aromatic N) is 1. The molecule has 0 aliphatic heterocycles. The van der Waals surface area contributed by atoms with Crippen LogP contribution in [0.25, 0.3) is 0 Å². The Morgan fingerprint density at radius 2 is 2.05 bits per heavy atom. The van der Waals surface area contributed by atoms with Gasteiger partial charge in [0.25, 0.3) is 0 Å². The number of ether oxygens (including phenoxy) is 2. The van der Waals surface area contributed by atoms with Gasteiger partial charge in [-0.3, -0.25) is 4.79 Å². The predicted octanol–water partition coefficient (Wildman–Crippen LogP) is 1.79. The summed E-state index contributed by atoms with van der Waals surface area (Å²) in [5.74, 6) is 1.54. The summed E-state index contributed by atoms with van der Waals surface area (Å²) in [6.07, 6.45) is 1.16. The second kappa shape index (κ2) is 7.75. The van der Waals surface area contributed by atoms with Crippen LogP contribution in [0.4, 0.5) is 0 Å². The van der Waals surface area contributed by atoms with Crippen LogP contribution in [0.15, 0.2) is 18.2 Å². The van der Waals surface area contributed by atoms with Gasteiger partial charge in [-0.2, -0.15) is 0 Å². The third-order valence-corrected chi connectivity index (χ3v) is 3.14. The van der Waals surface area contributed by atoms with Gasteiger partial charge in [0.1, 0.15) is 11.5 Å². The number of hydrogen-bond acceptors (Lipinski definition) is 4. The van der Waals surface area contributed by atoms with Gasteiger partial charge in [-0.25, -0.2) is 0 Å². The second-order valence-electron chi connectivity index (χ2n) is 4.94. The summed E-state index contributed by atoms with van der Waals surface area (Å²) in [7, 11) is 5.00. The van der Waals surface area contributed by atoms with Crippen LogP contribution in [0, 0.1) is 0 Å². The van der Waals surface area contributed by atoms with E-state index < -0.39 is 0 Å². The highest BCUT2D eigenvalue weighted by Crippen LogP contribution is 2.25. The first-order chi connectivity index (χ1) is 9.47. The highest BCUT2D eigenvalue weighted by atomic mass is 16.5. The SMILES string of the molecule is COc1ccc(CN(C)C(=O)CCC(C)N)c(OC)c1. The molecule has 0 saturated heterocycles. The Morgan fingerprint density at radius 3 is 2.60 bits per heavy atom. The fraction of sp³-hybridized carbons (Fsp3) is 0.533. The average Bonchev–Trinajstić information content (AvgIpc) is 2.44. The van der Waals surface area contributed by atoms with Crippen molar-refractivity contribution in [2.45, 2.75) is 32.4 Å². The molecule has 112 valence electrons. The van der Waals surface area contributed by atoms with Crippen molar-refractivity contribution in [3.8, 4) is 11.5 Å². The fourth-order valence-electron chi connectivity index (χ4n) is 1.87. The van der Waals surface area contributed by atoms with Gasteiger partial charge in [0.05, 0.1) is 14.2 Å². The summed E-state index contributed by atoms with van der Waals surface area (Å²) in [4.78, 5) is 13.7. The normalized spacial score (nSPS) is 11.8. The fourth-order valence-corrected chi connectivity index (χ4v) is 1.87. The van der Waals surface area contributed by atoms with Gasteiger partial charge in [-0.15, -0.1) is 0 Å². The number of methoxy groups -OCH3 is 2. The van der Waals surface area contributed by atoms with Crippen molar-refractivity contribution in [2.75, 3.05) is 21.3 Å². The molecule has 0 fully saturated rings. The van der Waals surface area contributed by atoms with Gasteiger partial charge in [-0.1, -0.05) is 0 Å². The predicted molar refractivity (Wildman–Crippen MR) is 78.9 cm³/mol. The summed E-state index contributed by atoms with van der Waals surface area (Å²) >= 11 is 0. The number of nitrogens with two attached hydrogens (primary N) is 1. The Kier molecular flexibility index (Phi) is 6.31. The molecule has 20 heavy (non-hydrogen) atoms. The highest BCUT2D eigenvalue weighted by Gasteiger charge is 2.13. The van der Waals surface area contributed by atoms with Crippen LogP contribution in [0.3, 0.4) is 0 Å². The molecule has 0 aromatic heterocycles. The lowest BCUT2D eigenvalue weighted by Crippen LogP contribution is -2.28. The van der Waals surface area contributed by atoms with E-state index >= 15 is 0 Å². The summed E-state index contributed by atoms with van der Waals surface area (Å²) in [6, 6.07) is 5.63. The van der Waals surface area contributed by atoms with E-state index in [1.807, 2.05) is 25.1 Å². The highest BCUT2D eigenvalue weighted by molar-refractivity contribution is 5.76. The molecule has 0 aliphatic rings. The standard InChI is InChI=1S/C15H24N2O3/c1-11(16)5-8-15(18)17(2)10-12-6-7-13(19-3)9-14(12)20-4/h6-7,9,11H,5,8,10,16H2,1-4H3. The van der Waals surface area contributed by atoms with E-state index in [2.05, 4.69) is 0 Å². The summed E-state index contributed by atoms with van der Waals surface area (Å²) in [5.41, 5.74) is 6.62. The van der Waals surface area contributed by atoms with Crippen LogP contribution >= 0.6 is 0 Å². The third kappa shape index (κ3) is 4.74. The molecule has 2 N–H and O–H groups in total. The summed E-state index contributed by atoms with van der Waals surface area (Å²) in [5, 5.41) is 0. The monoisotopic (exact) mass is 280 g/mol. The minimum absolute atomic E-state index is 0.0443. The van der Waals surface area contributed by atoms with E-state index in [-0.39, 0.29) is 11.9 Å². The molecular formula is C15H24N2O3.